The molecular formula is C18H17N7O3. The Morgan fingerprint density at radius 2 is 2.07 bits per heavy atom. The van der Waals surface area contributed by atoms with Crippen molar-refractivity contribution >= 4 is 12.6 Å². The molecular weight excluding hydrogens is 362 g/mol. The van der Waals surface area contributed by atoms with E-state index in [4.69, 9.17) is 20.1 Å². The number of aromatic nitrogens is 3. The van der Waals surface area contributed by atoms with E-state index in [1.165, 1.54) is 0 Å². The normalized spacial score (nSPS) is 12.7. The third-order valence-electron chi connectivity index (χ3n) is 4.23. The van der Waals surface area contributed by atoms with Gasteiger partial charge in [0.25, 0.3) is 0 Å². The number of hydrogen-bond donors (Lipinski definition) is 3. The van der Waals surface area contributed by atoms with Crippen molar-refractivity contribution in [1.82, 2.24) is 20.8 Å². The lowest BCUT2D eigenvalue weighted by Crippen LogP contribution is -2.30. The van der Waals surface area contributed by atoms with Crippen molar-refractivity contribution in [3.8, 4) is 39.8 Å². The number of hydrogen-bond acceptors (Lipinski definition) is 8. The van der Waals surface area contributed by atoms with Gasteiger partial charge in [-0.1, -0.05) is 29.5 Å². The van der Waals surface area contributed by atoms with E-state index in [-0.39, 0.29) is 6.79 Å². The van der Waals surface area contributed by atoms with Gasteiger partial charge in [0.15, 0.2) is 17.3 Å². The number of nitrogens with two attached hydrogens (primary N) is 1. The van der Waals surface area contributed by atoms with E-state index in [0.29, 0.717) is 28.8 Å². The van der Waals surface area contributed by atoms with Crippen LogP contribution < -0.4 is 25.5 Å². The van der Waals surface area contributed by atoms with Crippen molar-refractivity contribution < 1.29 is 14.2 Å². The Labute approximate surface area is 160 Å². The monoisotopic (exact) mass is 379 g/mol. The molecule has 1 aliphatic heterocycles. The van der Waals surface area contributed by atoms with E-state index in [9.17, 15) is 0 Å². The quantitative estimate of drug-likeness (QED) is 0.266. The van der Waals surface area contributed by atoms with Crippen LogP contribution >= 0.6 is 0 Å². The molecule has 0 radical (unpaired) electrons. The number of hydrazine groups is 1. The molecule has 0 unspecified atom stereocenters. The molecule has 0 atom stereocenters. The first kappa shape index (κ1) is 17.5. The minimum Gasteiger partial charge on any atom is -0.493 e. The molecule has 28 heavy (non-hydrogen) atoms. The summed E-state index contributed by atoms with van der Waals surface area (Å²) in [6.45, 7) is 3.49. The molecule has 1 aromatic heterocycles. The molecule has 10 nitrogen and oxygen atoms in total. The zero-order valence-corrected chi connectivity index (χ0v) is 15.0. The van der Waals surface area contributed by atoms with Gasteiger partial charge in [-0.2, -0.15) is 5.10 Å². The van der Waals surface area contributed by atoms with E-state index < -0.39 is 0 Å². The van der Waals surface area contributed by atoms with E-state index >= 15 is 0 Å². The fraction of sp³-hybridized carbons (Fsp3) is 0.111. The number of methoxy groups -OCH3 is 1. The first-order chi connectivity index (χ1) is 13.7. The van der Waals surface area contributed by atoms with Crippen molar-refractivity contribution in [2.45, 2.75) is 0 Å². The Morgan fingerprint density at radius 3 is 2.79 bits per heavy atom. The Hall–Kier alpha value is -3.92. The summed E-state index contributed by atoms with van der Waals surface area (Å²) in [7, 11) is 1.58. The number of fused-ring (bicyclic) bond motifs is 1. The average Bonchev–Trinajstić information content (AvgIpc) is 3.40. The van der Waals surface area contributed by atoms with Gasteiger partial charge in [0, 0.05) is 23.4 Å². The van der Waals surface area contributed by atoms with Crippen LogP contribution in [0.15, 0.2) is 46.6 Å². The molecule has 0 bridgehead atoms. The van der Waals surface area contributed by atoms with Crippen molar-refractivity contribution in [2.75, 3.05) is 13.9 Å². The van der Waals surface area contributed by atoms with Crippen molar-refractivity contribution in [2.24, 2.45) is 16.0 Å². The summed E-state index contributed by atoms with van der Waals surface area (Å²) in [5.74, 6) is 7.63. The summed E-state index contributed by atoms with van der Waals surface area (Å²) >= 11 is 0. The maximum Gasteiger partial charge on any atom is 0.231 e. The smallest absolute Gasteiger partial charge is 0.231 e. The maximum absolute atomic E-state index is 5.50. The van der Waals surface area contributed by atoms with Gasteiger partial charge < -0.3 is 19.6 Å². The first-order valence-electron chi connectivity index (χ1n) is 8.25. The van der Waals surface area contributed by atoms with Gasteiger partial charge in [-0.05, 0) is 12.1 Å². The van der Waals surface area contributed by atoms with Gasteiger partial charge in [-0.25, -0.2) is 5.84 Å². The highest BCUT2D eigenvalue weighted by Crippen LogP contribution is 2.44. The summed E-state index contributed by atoms with van der Waals surface area (Å²) in [6.07, 6.45) is 0. The lowest BCUT2D eigenvalue weighted by molar-refractivity contribution is 0.171. The highest BCUT2D eigenvalue weighted by atomic mass is 16.7. The van der Waals surface area contributed by atoms with Crippen LogP contribution in [0.5, 0.6) is 17.2 Å². The summed E-state index contributed by atoms with van der Waals surface area (Å²) in [5, 5.41) is 18.5. The molecule has 0 aliphatic carbocycles. The van der Waals surface area contributed by atoms with Crippen LogP contribution in [0.25, 0.3) is 22.5 Å². The molecule has 0 amide bonds. The fourth-order valence-corrected chi connectivity index (χ4v) is 2.93. The lowest BCUT2D eigenvalue weighted by atomic mass is 10.0. The first-order valence-corrected chi connectivity index (χ1v) is 8.25. The van der Waals surface area contributed by atoms with E-state index in [1.54, 1.807) is 7.11 Å². The molecule has 1 aliphatic rings. The third-order valence-corrected chi connectivity index (χ3v) is 4.23. The van der Waals surface area contributed by atoms with Crippen LogP contribution in [0.1, 0.15) is 5.56 Å². The molecule has 2 aromatic carbocycles. The average molecular weight is 379 g/mol. The number of nitrogens with zero attached hydrogens (tertiary/aromatic N) is 4. The Bertz CT molecular complexity index is 1040. The number of rotatable bonds is 5. The number of benzene rings is 2. The molecule has 3 aromatic rings. The molecule has 2 heterocycles. The number of amidine groups is 1. The Morgan fingerprint density at radius 1 is 1.25 bits per heavy atom. The second-order valence-electron chi connectivity index (χ2n) is 5.76. The summed E-state index contributed by atoms with van der Waals surface area (Å²) in [5.41, 5.74) is 6.32. The van der Waals surface area contributed by atoms with Gasteiger partial charge in [0.05, 0.1) is 12.8 Å². The van der Waals surface area contributed by atoms with Crippen LogP contribution in [-0.4, -0.2) is 41.9 Å². The number of ether oxygens (including phenoxy) is 3. The van der Waals surface area contributed by atoms with Gasteiger partial charge in [0.1, 0.15) is 5.69 Å². The van der Waals surface area contributed by atoms with Crippen LogP contribution in [0.3, 0.4) is 0 Å². The van der Waals surface area contributed by atoms with Crippen molar-refractivity contribution in [3.63, 3.8) is 0 Å². The minimum absolute atomic E-state index is 0.154. The van der Waals surface area contributed by atoms with Crippen LogP contribution in [0, 0.1) is 0 Å². The third kappa shape index (κ3) is 3.01. The zero-order valence-electron chi connectivity index (χ0n) is 15.0. The SMILES string of the molecule is C=N/N=C(\NN)c1ccc(-c2[nH]nnc2-c2cc(OC)c3c(c2)OCO3)cc1. The lowest BCUT2D eigenvalue weighted by Gasteiger charge is -2.08. The molecule has 10 heteroatoms. The number of nitrogens with one attached hydrogen (secondary N) is 2. The van der Waals surface area contributed by atoms with Crippen LogP contribution in [-0.2, 0) is 0 Å². The van der Waals surface area contributed by atoms with Gasteiger partial charge in [0.2, 0.25) is 12.5 Å². The van der Waals surface area contributed by atoms with Crippen molar-refractivity contribution in [1.29, 1.82) is 0 Å². The Balaban J connectivity index is 1.73. The zero-order chi connectivity index (χ0) is 19.5. The molecule has 0 saturated heterocycles. The molecule has 4 rings (SSSR count). The van der Waals surface area contributed by atoms with Crippen LogP contribution in [0.4, 0.5) is 0 Å². The summed E-state index contributed by atoms with van der Waals surface area (Å²) < 4.78 is 16.3. The molecule has 142 valence electrons. The van der Waals surface area contributed by atoms with Crippen molar-refractivity contribution in [3.05, 3.63) is 42.0 Å². The topological polar surface area (TPSA) is 132 Å². The highest BCUT2D eigenvalue weighted by Gasteiger charge is 2.23. The fourth-order valence-electron chi connectivity index (χ4n) is 2.93. The largest absolute Gasteiger partial charge is 0.493 e. The minimum atomic E-state index is 0.154. The highest BCUT2D eigenvalue weighted by molar-refractivity contribution is 5.98. The molecule has 0 saturated carbocycles. The summed E-state index contributed by atoms with van der Waals surface area (Å²) in [4.78, 5) is 0. The summed E-state index contributed by atoms with van der Waals surface area (Å²) in [6, 6.07) is 11.2. The predicted molar refractivity (Wildman–Crippen MR) is 103 cm³/mol. The number of H-pyrrole nitrogens is 1. The van der Waals surface area contributed by atoms with E-state index in [2.05, 4.69) is 37.8 Å². The van der Waals surface area contributed by atoms with Gasteiger partial charge in [-0.3, -0.25) is 5.10 Å². The maximum atomic E-state index is 5.50. The standard InChI is InChI=1S/C18H17N7O3/c1-20-24-18(21-19)11-5-3-10(4-6-11)15-16(23-25-22-15)12-7-13(26-2)17-14(8-12)27-9-28-17/h3-8H,1,9,19H2,2H3,(H,21,24)(H,22,23,25). The molecule has 0 fully saturated rings. The van der Waals surface area contributed by atoms with Gasteiger partial charge >= 0.3 is 0 Å². The van der Waals surface area contributed by atoms with Crippen LogP contribution in [0.2, 0.25) is 0 Å². The second-order valence-corrected chi connectivity index (χ2v) is 5.76. The van der Waals surface area contributed by atoms with E-state index in [0.717, 1.165) is 22.4 Å². The number of aromatic amines is 1. The van der Waals surface area contributed by atoms with E-state index in [1.807, 2.05) is 36.4 Å². The molecule has 0 spiro atoms. The molecule has 4 N–H and O–H groups in total. The predicted octanol–water partition coefficient (Wildman–Crippen LogP) is 1.70. The Kier molecular flexibility index (Phi) is 4.60. The second kappa shape index (κ2) is 7.37. The van der Waals surface area contributed by atoms with Gasteiger partial charge in [-0.15, -0.1) is 10.2 Å².